The Morgan fingerprint density at radius 3 is 1.33 bits per heavy atom. The molecule has 9 heavy (non-hydrogen) atoms. The van der Waals surface area contributed by atoms with E-state index in [-0.39, 0.29) is 25.8 Å². The van der Waals surface area contributed by atoms with Gasteiger partial charge in [-0.25, -0.2) is 9.59 Å². The van der Waals surface area contributed by atoms with Crippen LogP contribution in [-0.2, 0) is 9.59 Å². The Balaban J connectivity index is 0. The fourth-order valence-corrected chi connectivity index (χ4v) is 0.143. The Morgan fingerprint density at radius 1 is 1.00 bits per heavy atom. The van der Waals surface area contributed by atoms with Crippen LogP contribution in [-0.4, -0.2) is 48.0 Å². The van der Waals surface area contributed by atoms with Gasteiger partial charge in [0.25, 0.3) is 0 Å². The summed E-state index contributed by atoms with van der Waals surface area (Å²) < 4.78 is 0. The van der Waals surface area contributed by atoms with Crippen LogP contribution >= 0.6 is 0 Å². The number of hydrogen-bond donors (Lipinski definition) is 2. The van der Waals surface area contributed by atoms with Crippen LogP contribution in [0.1, 0.15) is 0 Å². The van der Waals surface area contributed by atoms with Gasteiger partial charge in [-0.3, -0.25) is 0 Å². The molecule has 0 bridgehead atoms. The molecule has 0 atom stereocenters. The van der Waals surface area contributed by atoms with Crippen LogP contribution in [0.4, 0.5) is 0 Å². The van der Waals surface area contributed by atoms with Gasteiger partial charge in [-0.15, -0.1) is 0 Å². The topological polar surface area (TPSA) is 74.6 Å². The van der Waals surface area contributed by atoms with Gasteiger partial charge < -0.3 is 10.2 Å². The first kappa shape index (κ1) is 11.4. The number of hydrogen-bond acceptors (Lipinski definition) is 2. The van der Waals surface area contributed by atoms with E-state index in [0.717, 1.165) is 0 Å². The first-order valence-corrected chi connectivity index (χ1v) is 1.77. The van der Waals surface area contributed by atoms with E-state index in [9.17, 15) is 9.59 Å². The second-order valence-electron chi connectivity index (χ2n) is 1.01. The minimum absolute atomic E-state index is 0. The van der Waals surface area contributed by atoms with Crippen molar-refractivity contribution in [2.75, 3.05) is 0 Å². The van der Waals surface area contributed by atoms with Crippen LogP contribution in [0, 0.1) is 0 Å². The third-order valence-corrected chi connectivity index (χ3v) is 0.368. The quantitative estimate of drug-likeness (QED) is 0.572. The SMILES string of the molecule is O=C(O)/C=C/C(=O)O.[InH3]. The molecule has 0 amide bonds. The molecule has 0 saturated carbocycles. The summed E-state index contributed by atoms with van der Waals surface area (Å²) in [5.41, 5.74) is 0. The van der Waals surface area contributed by atoms with Crippen LogP contribution in [0.2, 0.25) is 0 Å². The number of carbonyl (C=O) groups is 2. The van der Waals surface area contributed by atoms with Gasteiger partial charge in [0.2, 0.25) is 0 Å². The third kappa shape index (κ3) is 11.2. The number of carboxylic acids is 2. The van der Waals surface area contributed by atoms with Crippen molar-refractivity contribution in [3.63, 3.8) is 0 Å². The molecular weight excluding hydrogens is 227 g/mol. The molecule has 0 aromatic heterocycles. The van der Waals surface area contributed by atoms with Crippen molar-refractivity contribution >= 4 is 37.8 Å². The first-order valence-electron chi connectivity index (χ1n) is 1.77. The molecule has 0 spiro atoms. The first-order chi connectivity index (χ1) is 3.63. The van der Waals surface area contributed by atoms with Gasteiger partial charge in [-0.1, -0.05) is 0 Å². The van der Waals surface area contributed by atoms with Crippen LogP contribution in [0.15, 0.2) is 12.2 Å². The van der Waals surface area contributed by atoms with Crippen molar-refractivity contribution in [1.29, 1.82) is 0 Å². The maximum absolute atomic E-state index is 9.55. The zero-order chi connectivity index (χ0) is 6.57. The fraction of sp³-hybridized carbons (Fsp3) is 0. The summed E-state index contributed by atoms with van der Waals surface area (Å²) in [5, 5.41) is 15.6. The minimum atomic E-state index is -1.26. The van der Waals surface area contributed by atoms with Gasteiger partial charge in [-0.05, 0) is 0 Å². The van der Waals surface area contributed by atoms with E-state index in [0.29, 0.717) is 12.2 Å². The predicted molar refractivity (Wildman–Crippen MR) is 34.4 cm³/mol. The molecule has 0 heterocycles. The normalized spacial score (nSPS) is 8.44. The Bertz CT molecular complexity index is 124. The van der Waals surface area contributed by atoms with Gasteiger partial charge in [0.15, 0.2) is 0 Å². The molecule has 0 rings (SSSR count). The van der Waals surface area contributed by atoms with Gasteiger partial charge in [-0.2, -0.15) is 0 Å². The molecule has 0 aromatic rings. The molecule has 0 aliphatic rings. The third-order valence-electron chi connectivity index (χ3n) is 0.368. The van der Waals surface area contributed by atoms with Crippen LogP contribution in [0.3, 0.4) is 0 Å². The molecule has 5 heteroatoms. The van der Waals surface area contributed by atoms with Crippen LogP contribution in [0.25, 0.3) is 0 Å². The van der Waals surface area contributed by atoms with Crippen LogP contribution < -0.4 is 0 Å². The fourth-order valence-electron chi connectivity index (χ4n) is 0.143. The molecule has 4 nitrogen and oxygen atoms in total. The second-order valence-corrected chi connectivity index (χ2v) is 1.01. The van der Waals surface area contributed by atoms with Crippen molar-refractivity contribution in [2.45, 2.75) is 0 Å². The molecule has 0 fully saturated rings. The summed E-state index contributed by atoms with van der Waals surface area (Å²) in [4.78, 5) is 19.1. The van der Waals surface area contributed by atoms with Gasteiger partial charge >= 0.3 is 37.8 Å². The van der Waals surface area contributed by atoms with E-state index in [1.54, 1.807) is 0 Å². The summed E-state index contributed by atoms with van der Waals surface area (Å²) in [6.07, 6.45) is 1.12. The standard InChI is InChI=1S/C4H4O4.In.3H/c5-3(6)1-2-4(7)8;;;;/h1-2H,(H,5,6)(H,7,8);;;;/b2-1+;;;;. The number of rotatable bonds is 2. The van der Waals surface area contributed by atoms with E-state index < -0.39 is 11.9 Å². The van der Waals surface area contributed by atoms with Crippen LogP contribution in [0.5, 0.6) is 0 Å². The molecule has 50 valence electrons. The Morgan fingerprint density at radius 2 is 1.22 bits per heavy atom. The summed E-state index contributed by atoms with van der Waals surface area (Å²) in [6.45, 7) is 0. The van der Waals surface area contributed by atoms with Crippen molar-refractivity contribution < 1.29 is 19.8 Å². The van der Waals surface area contributed by atoms with Gasteiger partial charge in [0.05, 0.1) is 0 Å². The van der Waals surface area contributed by atoms with Crippen molar-refractivity contribution in [3.05, 3.63) is 12.2 Å². The zero-order valence-corrected chi connectivity index (χ0v) is 3.87. The molecule has 2 N–H and O–H groups in total. The van der Waals surface area contributed by atoms with E-state index in [2.05, 4.69) is 0 Å². The van der Waals surface area contributed by atoms with Gasteiger partial charge in [0.1, 0.15) is 0 Å². The predicted octanol–water partition coefficient (Wildman–Crippen LogP) is -1.47. The summed E-state index contributed by atoms with van der Waals surface area (Å²) >= 11 is 0. The Labute approximate surface area is 70.0 Å². The average molecular weight is 234 g/mol. The number of carboxylic acid groups (broad SMARTS) is 2. The summed E-state index contributed by atoms with van der Waals surface area (Å²) in [7, 11) is 0. The van der Waals surface area contributed by atoms with Crippen molar-refractivity contribution in [2.24, 2.45) is 0 Å². The van der Waals surface area contributed by atoms with E-state index in [4.69, 9.17) is 10.2 Å². The molecule has 0 saturated heterocycles. The Hall–Kier alpha value is -0.450. The zero-order valence-electron chi connectivity index (χ0n) is 3.87. The maximum atomic E-state index is 9.55. The molecule has 0 aromatic carbocycles. The van der Waals surface area contributed by atoms with Gasteiger partial charge in [0, 0.05) is 12.2 Å². The number of aliphatic carboxylic acids is 2. The molecular formula is C4H7InO4. The molecule has 0 unspecified atom stereocenters. The van der Waals surface area contributed by atoms with E-state index in [1.807, 2.05) is 0 Å². The molecule has 0 aliphatic heterocycles. The monoisotopic (exact) mass is 234 g/mol. The summed E-state index contributed by atoms with van der Waals surface area (Å²) in [6, 6.07) is 0. The van der Waals surface area contributed by atoms with E-state index >= 15 is 0 Å². The summed E-state index contributed by atoms with van der Waals surface area (Å²) in [5.74, 6) is -2.51. The average Bonchev–Trinajstić information content (AvgIpc) is 1.61. The second kappa shape index (κ2) is 5.68. The molecule has 0 radical (unpaired) electrons. The van der Waals surface area contributed by atoms with Crippen molar-refractivity contribution in [3.8, 4) is 0 Å². The molecule has 0 aliphatic carbocycles. The van der Waals surface area contributed by atoms with Crippen molar-refractivity contribution in [1.82, 2.24) is 0 Å². The Kier molecular flexibility index (Phi) is 7.17. The van der Waals surface area contributed by atoms with E-state index in [1.165, 1.54) is 0 Å².